The van der Waals surface area contributed by atoms with Crippen molar-refractivity contribution in [3.05, 3.63) is 23.1 Å². The quantitative estimate of drug-likeness (QED) is 0.847. The van der Waals surface area contributed by atoms with E-state index in [0.29, 0.717) is 5.56 Å². The van der Waals surface area contributed by atoms with Gasteiger partial charge in [-0.05, 0) is 30.0 Å². The van der Waals surface area contributed by atoms with Gasteiger partial charge in [-0.25, -0.2) is 0 Å². The van der Waals surface area contributed by atoms with E-state index in [1.807, 2.05) is 6.92 Å². The molecule has 0 radical (unpaired) electrons. The van der Waals surface area contributed by atoms with Gasteiger partial charge in [-0.1, -0.05) is 20.8 Å². The number of nitrogens with one attached hydrogen (secondary N) is 1. The normalized spacial score (nSPS) is 13.7. The van der Waals surface area contributed by atoms with Crippen molar-refractivity contribution in [3.8, 4) is 0 Å². The molecule has 15 heavy (non-hydrogen) atoms. The van der Waals surface area contributed by atoms with Gasteiger partial charge in [0, 0.05) is 6.04 Å². The molecule has 84 valence electrons. The first kappa shape index (κ1) is 12.1. The molecule has 0 saturated carbocycles. The molecular weight excluding hydrogens is 214 g/mol. The average molecular weight is 230 g/mol. The van der Waals surface area contributed by atoms with Gasteiger partial charge in [-0.15, -0.1) is 0 Å². The molecule has 4 heteroatoms. The number of hydrogen-bond donors (Lipinski definition) is 1. The lowest BCUT2D eigenvalue weighted by atomic mass is 9.88. The molecule has 0 aliphatic carbocycles. The summed E-state index contributed by atoms with van der Waals surface area (Å²) in [7, 11) is 0. The zero-order valence-electron chi connectivity index (χ0n) is 9.43. The lowest BCUT2D eigenvalue weighted by Crippen LogP contribution is -2.41. The van der Waals surface area contributed by atoms with Gasteiger partial charge in [0.05, 0.1) is 11.8 Å². The fourth-order valence-corrected chi connectivity index (χ4v) is 1.15. The minimum atomic E-state index is -0.198. The third-order valence-corrected chi connectivity index (χ3v) is 2.80. The molecule has 1 atom stereocenters. The highest BCUT2D eigenvalue weighted by Crippen LogP contribution is 2.21. The fraction of sp³-hybridized carbons (Fsp3) is 0.545. The Labute approximate surface area is 94.8 Å². The highest BCUT2D eigenvalue weighted by atomic mass is 35.5. The predicted molar refractivity (Wildman–Crippen MR) is 60.1 cm³/mol. The van der Waals surface area contributed by atoms with Crippen LogP contribution in [0.2, 0.25) is 5.22 Å². The maximum absolute atomic E-state index is 11.7. The molecule has 1 amide bonds. The Morgan fingerprint density at radius 3 is 2.53 bits per heavy atom. The van der Waals surface area contributed by atoms with E-state index in [0.717, 1.165) is 0 Å². The average Bonchev–Trinajstić information content (AvgIpc) is 2.49. The second-order valence-corrected chi connectivity index (χ2v) is 5.01. The van der Waals surface area contributed by atoms with E-state index in [9.17, 15) is 4.79 Å². The van der Waals surface area contributed by atoms with Gasteiger partial charge in [0.2, 0.25) is 5.22 Å². The molecule has 0 fully saturated rings. The van der Waals surface area contributed by atoms with Gasteiger partial charge in [0.1, 0.15) is 0 Å². The number of carbonyl (C=O) groups is 1. The van der Waals surface area contributed by atoms with Crippen LogP contribution in [0.1, 0.15) is 38.1 Å². The number of hydrogen-bond acceptors (Lipinski definition) is 2. The number of amides is 1. The molecule has 0 saturated heterocycles. The van der Waals surface area contributed by atoms with Crippen molar-refractivity contribution in [2.75, 3.05) is 0 Å². The smallest absolute Gasteiger partial charge is 0.256 e. The third-order valence-electron chi connectivity index (χ3n) is 2.51. The summed E-state index contributed by atoms with van der Waals surface area (Å²) in [6, 6.07) is 1.63. The topological polar surface area (TPSA) is 42.2 Å². The molecule has 1 heterocycles. The first-order valence-corrected chi connectivity index (χ1v) is 5.24. The zero-order chi connectivity index (χ0) is 11.6. The molecule has 0 bridgehead atoms. The summed E-state index contributed by atoms with van der Waals surface area (Å²) in [4.78, 5) is 11.7. The van der Waals surface area contributed by atoms with Gasteiger partial charge in [-0.3, -0.25) is 4.79 Å². The van der Waals surface area contributed by atoms with Crippen molar-refractivity contribution in [1.29, 1.82) is 0 Å². The van der Waals surface area contributed by atoms with E-state index in [4.69, 9.17) is 16.0 Å². The maximum atomic E-state index is 11.7. The number of halogens is 1. The van der Waals surface area contributed by atoms with Gasteiger partial charge in [0.25, 0.3) is 5.91 Å². The molecule has 0 spiro atoms. The van der Waals surface area contributed by atoms with Crippen LogP contribution in [0.15, 0.2) is 16.7 Å². The van der Waals surface area contributed by atoms with Crippen LogP contribution in [-0.4, -0.2) is 11.9 Å². The minimum Gasteiger partial charge on any atom is -0.452 e. The van der Waals surface area contributed by atoms with Crippen LogP contribution >= 0.6 is 11.6 Å². The van der Waals surface area contributed by atoms with E-state index in [-0.39, 0.29) is 22.6 Å². The predicted octanol–water partition coefficient (Wildman–Crippen LogP) is 3.10. The standard InChI is InChI=1S/C11H16ClNO2/c1-7(11(2,3)4)13-10(14)8-5-6-15-9(8)12/h5-7H,1-4H3,(H,13,14)/t7-/m1/s1. The van der Waals surface area contributed by atoms with Gasteiger partial charge >= 0.3 is 0 Å². The summed E-state index contributed by atoms with van der Waals surface area (Å²) in [5, 5.41) is 3.01. The Morgan fingerprint density at radius 2 is 2.13 bits per heavy atom. The summed E-state index contributed by atoms with van der Waals surface area (Å²) >= 11 is 5.70. The van der Waals surface area contributed by atoms with E-state index >= 15 is 0 Å². The van der Waals surface area contributed by atoms with E-state index in [1.54, 1.807) is 6.07 Å². The Kier molecular flexibility index (Phi) is 3.45. The molecule has 1 aromatic rings. The molecule has 0 aliphatic heterocycles. The van der Waals surface area contributed by atoms with Gasteiger partial charge < -0.3 is 9.73 Å². The monoisotopic (exact) mass is 229 g/mol. The first-order valence-electron chi connectivity index (χ1n) is 4.86. The fourth-order valence-electron chi connectivity index (χ4n) is 0.947. The number of furan rings is 1. The SMILES string of the molecule is C[C@@H](NC(=O)c1ccoc1Cl)C(C)(C)C. The number of rotatable bonds is 2. The Morgan fingerprint density at radius 1 is 1.53 bits per heavy atom. The summed E-state index contributed by atoms with van der Waals surface area (Å²) in [6.45, 7) is 8.16. The molecule has 0 aromatic carbocycles. The van der Waals surface area contributed by atoms with Crippen LogP contribution < -0.4 is 5.32 Å². The third kappa shape index (κ3) is 2.99. The van der Waals surface area contributed by atoms with Crippen LogP contribution in [0, 0.1) is 5.41 Å². The summed E-state index contributed by atoms with van der Waals surface area (Å²) in [5.74, 6) is -0.198. The maximum Gasteiger partial charge on any atom is 0.256 e. The van der Waals surface area contributed by atoms with Crippen LogP contribution in [0.25, 0.3) is 0 Å². The minimum absolute atomic E-state index is 0.0197. The van der Waals surface area contributed by atoms with Gasteiger partial charge in [0.15, 0.2) is 0 Å². The van der Waals surface area contributed by atoms with Crippen molar-refractivity contribution in [2.45, 2.75) is 33.7 Å². The van der Waals surface area contributed by atoms with Crippen molar-refractivity contribution in [2.24, 2.45) is 5.41 Å². The van der Waals surface area contributed by atoms with Crippen molar-refractivity contribution < 1.29 is 9.21 Å². The molecule has 3 nitrogen and oxygen atoms in total. The summed E-state index contributed by atoms with van der Waals surface area (Å²) in [6.07, 6.45) is 1.40. The van der Waals surface area contributed by atoms with Crippen LogP contribution in [0.5, 0.6) is 0 Å². The van der Waals surface area contributed by atoms with E-state index < -0.39 is 0 Å². The van der Waals surface area contributed by atoms with Crippen LogP contribution in [-0.2, 0) is 0 Å². The first-order chi connectivity index (χ1) is 6.82. The van der Waals surface area contributed by atoms with Crippen molar-refractivity contribution in [1.82, 2.24) is 5.32 Å². The van der Waals surface area contributed by atoms with E-state index in [2.05, 4.69) is 26.1 Å². The lowest BCUT2D eigenvalue weighted by Gasteiger charge is -2.27. The Bertz CT molecular complexity index is 352. The van der Waals surface area contributed by atoms with Crippen molar-refractivity contribution >= 4 is 17.5 Å². The van der Waals surface area contributed by atoms with Gasteiger partial charge in [-0.2, -0.15) is 0 Å². The lowest BCUT2D eigenvalue weighted by molar-refractivity contribution is 0.0909. The van der Waals surface area contributed by atoms with Crippen molar-refractivity contribution in [3.63, 3.8) is 0 Å². The summed E-state index contributed by atoms with van der Waals surface area (Å²) < 4.78 is 4.86. The molecule has 0 aliphatic rings. The molecule has 1 N–H and O–H groups in total. The van der Waals surface area contributed by atoms with Crippen LogP contribution in [0.3, 0.4) is 0 Å². The molecular formula is C11H16ClNO2. The molecule has 1 rings (SSSR count). The highest BCUT2D eigenvalue weighted by molar-refractivity contribution is 6.32. The van der Waals surface area contributed by atoms with Crippen LogP contribution in [0.4, 0.5) is 0 Å². The molecule has 0 unspecified atom stereocenters. The Balaban J connectivity index is 2.69. The zero-order valence-corrected chi connectivity index (χ0v) is 10.2. The Hall–Kier alpha value is -0.960. The summed E-state index contributed by atoms with van der Waals surface area (Å²) in [5.41, 5.74) is 0.402. The number of carbonyl (C=O) groups excluding carboxylic acids is 1. The van der Waals surface area contributed by atoms with E-state index in [1.165, 1.54) is 6.26 Å². The second kappa shape index (κ2) is 4.27. The highest BCUT2D eigenvalue weighted by Gasteiger charge is 2.23. The molecule has 1 aromatic heterocycles. The largest absolute Gasteiger partial charge is 0.452 e. The second-order valence-electron chi connectivity index (χ2n) is 4.67.